The van der Waals surface area contributed by atoms with Crippen LogP contribution in [-0.2, 0) is 7.05 Å². The quantitative estimate of drug-likeness (QED) is 0.829. The molecule has 0 saturated carbocycles. The molecular weight excluding hydrogens is 266 g/mol. The van der Waals surface area contributed by atoms with Crippen LogP contribution >= 0.6 is 0 Å². The highest BCUT2D eigenvalue weighted by Gasteiger charge is 2.24. The van der Waals surface area contributed by atoms with E-state index in [1.807, 2.05) is 4.90 Å². The highest BCUT2D eigenvalue weighted by Crippen LogP contribution is 2.18. The second-order valence-corrected chi connectivity index (χ2v) is 5.34. The number of hydrogen-bond donors (Lipinski definition) is 0. The Balaban J connectivity index is 1.64. The molecule has 0 N–H and O–H groups in total. The Morgan fingerprint density at radius 1 is 1.19 bits per heavy atom. The molecule has 1 aliphatic rings. The van der Waals surface area contributed by atoms with Crippen LogP contribution in [0.25, 0.3) is 0 Å². The van der Waals surface area contributed by atoms with Gasteiger partial charge in [0.2, 0.25) is 0 Å². The highest BCUT2D eigenvalue weighted by molar-refractivity contribution is 5.92. The van der Waals surface area contributed by atoms with Gasteiger partial charge < -0.3 is 9.80 Å². The van der Waals surface area contributed by atoms with Crippen molar-refractivity contribution < 1.29 is 4.79 Å². The first kappa shape index (κ1) is 13.6. The zero-order valence-electron chi connectivity index (χ0n) is 12.4. The van der Waals surface area contributed by atoms with Crippen LogP contribution in [0.2, 0.25) is 0 Å². The van der Waals surface area contributed by atoms with Crippen LogP contribution in [0.3, 0.4) is 0 Å². The van der Waals surface area contributed by atoms with Gasteiger partial charge in [0.15, 0.2) is 5.69 Å². The summed E-state index contributed by atoms with van der Waals surface area (Å²) >= 11 is 0. The van der Waals surface area contributed by atoms with E-state index in [0.29, 0.717) is 18.8 Å². The minimum absolute atomic E-state index is 0.0352. The standard InChI is InChI=1S/C15H19N5O/c1-12-4-3-5-13(10-12)19-6-8-20(9-7-19)15(21)14-11-16-18(2)17-14/h3-5,10-11H,6-9H2,1-2H3. The smallest absolute Gasteiger partial charge is 0.276 e. The summed E-state index contributed by atoms with van der Waals surface area (Å²) in [6, 6.07) is 8.46. The van der Waals surface area contributed by atoms with E-state index in [1.165, 1.54) is 22.2 Å². The van der Waals surface area contributed by atoms with Crippen LogP contribution in [0.5, 0.6) is 0 Å². The minimum atomic E-state index is -0.0352. The zero-order valence-corrected chi connectivity index (χ0v) is 12.4. The summed E-state index contributed by atoms with van der Waals surface area (Å²) < 4.78 is 0. The third-order valence-corrected chi connectivity index (χ3v) is 3.75. The molecule has 0 unspecified atom stereocenters. The number of rotatable bonds is 2. The van der Waals surface area contributed by atoms with Gasteiger partial charge in [-0.25, -0.2) is 0 Å². The fraction of sp³-hybridized carbons (Fsp3) is 0.400. The van der Waals surface area contributed by atoms with Crippen LogP contribution in [0.4, 0.5) is 5.69 Å². The van der Waals surface area contributed by atoms with E-state index in [2.05, 4.69) is 46.3 Å². The number of nitrogens with zero attached hydrogens (tertiary/aromatic N) is 5. The van der Waals surface area contributed by atoms with E-state index in [4.69, 9.17) is 0 Å². The molecule has 1 saturated heterocycles. The molecule has 0 atom stereocenters. The van der Waals surface area contributed by atoms with Crippen molar-refractivity contribution in [2.75, 3.05) is 31.1 Å². The predicted molar refractivity (Wildman–Crippen MR) is 80.3 cm³/mol. The Morgan fingerprint density at radius 2 is 1.95 bits per heavy atom. The Kier molecular flexibility index (Phi) is 3.60. The lowest BCUT2D eigenvalue weighted by molar-refractivity contribution is 0.0740. The summed E-state index contributed by atoms with van der Waals surface area (Å²) in [5.74, 6) is -0.0352. The molecule has 6 heteroatoms. The Labute approximate surface area is 124 Å². The molecule has 1 fully saturated rings. The number of benzene rings is 1. The molecule has 1 aromatic carbocycles. The molecule has 1 amide bonds. The topological polar surface area (TPSA) is 54.3 Å². The lowest BCUT2D eigenvalue weighted by atomic mass is 10.2. The Hall–Kier alpha value is -2.37. The van der Waals surface area contributed by atoms with Crippen LogP contribution in [-0.4, -0.2) is 52.0 Å². The number of carbonyl (C=O) groups excluding carboxylic acids is 1. The van der Waals surface area contributed by atoms with E-state index >= 15 is 0 Å². The van der Waals surface area contributed by atoms with Crippen molar-refractivity contribution in [1.82, 2.24) is 19.9 Å². The van der Waals surface area contributed by atoms with E-state index < -0.39 is 0 Å². The van der Waals surface area contributed by atoms with Gasteiger partial charge in [-0.05, 0) is 24.6 Å². The minimum Gasteiger partial charge on any atom is -0.368 e. The molecule has 0 aliphatic carbocycles. The summed E-state index contributed by atoms with van der Waals surface area (Å²) in [5.41, 5.74) is 2.90. The summed E-state index contributed by atoms with van der Waals surface area (Å²) in [6.45, 7) is 5.20. The van der Waals surface area contributed by atoms with Gasteiger partial charge in [-0.2, -0.15) is 9.90 Å². The molecule has 3 rings (SSSR count). The average molecular weight is 285 g/mol. The second-order valence-electron chi connectivity index (χ2n) is 5.34. The number of aromatic nitrogens is 3. The van der Waals surface area contributed by atoms with Crippen LogP contribution in [0.1, 0.15) is 16.1 Å². The third-order valence-electron chi connectivity index (χ3n) is 3.75. The first-order valence-corrected chi connectivity index (χ1v) is 7.11. The van der Waals surface area contributed by atoms with E-state index in [9.17, 15) is 4.79 Å². The van der Waals surface area contributed by atoms with Crippen molar-refractivity contribution in [3.8, 4) is 0 Å². The van der Waals surface area contributed by atoms with Gasteiger partial charge >= 0.3 is 0 Å². The SMILES string of the molecule is Cc1cccc(N2CCN(C(=O)c3cnn(C)n3)CC2)c1. The number of hydrogen-bond acceptors (Lipinski definition) is 4. The van der Waals surface area contributed by atoms with Crippen molar-refractivity contribution in [3.63, 3.8) is 0 Å². The van der Waals surface area contributed by atoms with Crippen LogP contribution < -0.4 is 4.90 Å². The molecule has 2 aromatic rings. The van der Waals surface area contributed by atoms with Gasteiger partial charge in [-0.1, -0.05) is 12.1 Å². The third kappa shape index (κ3) is 2.89. The number of amides is 1. The molecule has 6 nitrogen and oxygen atoms in total. The van der Waals surface area contributed by atoms with E-state index in [0.717, 1.165) is 13.1 Å². The maximum absolute atomic E-state index is 12.3. The Bertz CT molecular complexity index is 643. The molecule has 110 valence electrons. The van der Waals surface area contributed by atoms with Gasteiger partial charge in [0.05, 0.1) is 6.20 Å². The summed E-state index contributed by atoms with van der Waals surface area (Å²) in [4.78, 5) is 17.9. The summed E-state index contributed by atoms with van der Waals surface area (Å²) in [7, 11) is 1.71. The summed E-state index contributed by atoms with van der Waals surface area (Å²) in [6.07, 6.45) is 1.52. The van der Waals surface area contributed by atoms with Crippen molar-refractivity contribution in [2.24, 2.45) is 7.05 Å². The molecule has 21 heavy (non-hydrogen) atoms. The number of piperazine rings is 1. The molecule has 1 aromatic heterocycles. The Morgan fingerprint density at radius 3 is 2.57 bits per heavy atom. The number of aryl methyl sites for hydroxylation is 2. The highest BCUT2D eigenvalue weighted by atomic mass is 16.2. The maximum Gasteiger partial charge on any atom is 0.276 e. The molecule has 0 radical (unpaired) electrons. The van der Waals surface area contributed by atoms with Crippen LogP contribution in [0.15, 0.2) is 30.5 Å². The second kappa shape index (κ2) is 5.55. The van der Waals surface area contributed by atoms with E-state index in [1.54, 1.807) is 7.05 Å². The van der Waals surface area contributed by atoms with Gasteiger partial charge in [-0.15, -0.1) is 5.10 Å². The molecule has 2 heterocycles. The predicted octanol–water partition coefficient (Wildman–Crippen LogP) is 1.09. The molecule has 0 bridgehead atoms. The van der Waals surface area contributed by atoms with Gasteiger partial charge in [0.25, 0.3) is 5.91 Å². The fourth-order valence-corrected chi connectivity index (χ4v) is 2.60. The van der Waals surface area contributed by atoms with Gasteiger partial charge in [0.1, 0.15) is 0 Å². The van der Waals surface area contributed by atoms with Crippen molar-refractivity contribution in [2.45, 2.75) is 6.92 Å². The van der Waals surface area contributed by atoms with Gasteiger partial charge in [0, 0.05) is 38.9 Å². The summed E-state index contributed by atoms with van der Waals surface area (Å²) in [5, 5.41) is 8.03. The monoisotopic (exact) mass is 285 g/mol. The van der Waals surface area contributed by atoms with E-state index in [-0.39, 0.29) is 5.91 Å². The lowest BCUT2D eigenvalue weighted by Crippen LogP contribution is -2.48. The van der Waals surface area contributed by atoms with Crippen LogP contribution in [0, 0.1) is 6.92 Å². The largest absolute Gasteiger partial charge is 0.368 e. The zero-order chi connectivity index (χ0) is 14.8. The van der Waals surface area contributed by atoms with Gasteiger partial charge in [-0.3, -0.25) is 4.79 Å². The number of carbonyl (C=O) groups is 1. The fourth-order valence-electron chi connectivity index (χ4n) is 2.60. The average Bonchev–Trinajstić information content (AvgIpc) is 2.93. The lowest BCUT2D eigenvalue weighted by Gasteiger charge is -2.35. The van der Waals surface area contributed by atoms with Crippen molar-refractivity contribution in [1.29, 1.82) is 0 Å². The molecular formula is C15H19N5O. The first-order valence-electron chi connectivity index (χ1n) is 7.11. The molecule has 1 aliphatic heterocycles. The first-order chi connectivity index (χ1) is 10.1. The molecule has 0 spiro atoms. The van der Waals surface area contributed by atoms with Crippen molar-refractivity contribution >= 4 is 11.6 Å². The maximum atomic E-state index is 12.3. The number of anilines is 1. The van der Waals surface area contributed by atoms with Crippen molar-refractivity contribution in [3.05, 3.63) is 41.7 Å². The normalized spacial score (nSPS) is 15.3.